The monoisotopic (exact) mass is 425 g/mol. The van der Waals surface area contributed by atoms with E-state index in [4.69, 9.17) is 14.2 Å². The van der Waals surface area contributed by atoms with E-state index in [1.54, 1.807) is 0 Å². The molecular formula is C25H23N5O2. The van der Waals surface area contributed by atoms with Crippen molar-refractivity contribution in [2.24, 2.45) is 0 Å². The van der Waals surface area contributed by atoms with Gasteiger partial charge in [0.05, 0.1) is 30.9 Å². The van der Waals surface area contributed by atoms with Gasteiger partial charge < -0.3 is 14.2 Å². The van der Waals surface area contributed by atoms with Crippen LogP contribution in [0, 0.1) is 6.92 Å². The van der Waals surface area contributed by atoms with Crippen molar-refractivity contribution in [2.75, 3.05) is 24.7 Å². The van der Waals surface area contributed by atoms with E-state index in [-0.39, 0.29) is 5.41 Å². The highest BCUT2D eigenvalue weighted by Crippen LogP contribution is 2.40. The van der Waals surface area contributed by atoms with Crippen LogP contribution in [0.25, 0.3) is 11.6 Å². The predicted octanol–water partition coefficient (Wildman–Crippen LogP) is 3.71. The topological polar surface area (TPSA) is 77.2 Å². The zero-order chi connectivity index (χ0) is 21.5. The maximum absolute atomic E-state index is 5.66. The molecular weight excluding hydrogens is 402 g/mol. The lowest BCUT2D eigenvalue weighted by Crippen LogP contribution is -2.47. The van der Waals surface area contributed by atoms with Crippen molar-refractivity contribution >= 4 is 5.69 Å². The van der Waals surface area contributed by atoms with Crippen molar-refractivity contribution in [3.05, 3.63) is 89.1 Å². The van der Waals surface area contributed by atoms with E-state index in [2.05, 4.69) is 75.5 Å². The second kappa shape index (κ2) is 7.53. The zero-order valence-electron chi connectivity index (χ0n) is 17.9. The molecule has 7 heteroatoms. The zero-order valence-corrected chi connectivity index (χ0v) is 17.9. The lowest BCUT2D eigenvalue weighted by molar-refractivity contribution is -0.0379. The lowest BCUT2D eigenvalue weighted by atomic mass is 9.73. The molecule has 0 aliphatic carbocycles. The van der Waals surface area contributed by atoms with Crippen molar-refractivity contribution in [3.63, 3.8) is 0 Å². The molecule has 0 amide bonds. The molecule has 0 saturated carbocycles. The second-order valence-electron chi connectivity index (χ2n) is 8.58. The van der Waals surface area contributed by atoms with Gasteiger partial charge in [-0.25, -0.2) is 9.97 Å². The van der Waals surface area contributed by atoms with Crippen molar-refractivity contribution in [3.8, 4) is 11.6 Å². The molecule has 0 atom stereocenters. The van der Waals surface area contributed by atoms with Gasteiger partial charge in [0.2, 0.25) is 18.0 Å². The molecule has 2 aromatic carbocycles. The molecule has 1 saturated heterocycles. The molecule has 7 nitrogen and oxygen atoms in total. The largest absolute Gasteiger partial charge is 0.379 e. The number of benzene rings is 2. The average Bonchev–Trinajstić information content (AvgIpc) is 3.34. The van der Waals surface area contributed by atoms with Crippen molar-refractivity contribution in [1.29, 1.82) is 0 Å². The minimum atomic E-state index is -0.0482. The van der Waals surface area contributed by atoms with Crippen LogP contribution in [0.5, 0.6) is 0 Å². The second-order valence-corrected chi connectivity index (χ2v) is 8.58. The molecule has 0 N–H and O–H groups in total. The third-order valence-corrected chi connectivity index (χ3v) is 6.59. The number of hydrogen-bond acceptors (Lipinski definition) is 7. The van der Waals surface area contributed by atoms with Crippen LogP contribution < -0.4 is 4.90 Å². The van der Waals surface area contributed by atoms with Crippen LogP contribution in [-0.4, -0.2) is 39.9 Å². The Bertz CT molecular complexity index is 1230. The Morgan fingerprint density at radius 2 is 1.66 bits per heavy atom. The van der Waals surface area contributed by atoms with Gasteiger partial charge in [0.15, 0.2) is 0 Å². The Morgan fingerprint density at radius 3 is 2.31 bits per heavy atom. The summed E-state index contributed by atoms with van der Waals surface area (Å²) in [5.41, 5.74) is 7.23. The summed E-state index contributed by atoms with van der Waals surface area (Å²) in [6.45, 7) is 5.23. The Labute approximate surface area is 186 Å². The van der Waals surface area contributed by atoms with Gasteiger partial charge in [0.1, 0.15) is 0 Å². The third-order valence-electron chi connectivity index (χ3n) is 6.59. The minimum Gasteiger partial charge on any atom is -0.379 e. The van der Waals surface area contributed by atoms with E-state index in [0.717, 1.165) is 38.4 Å². The SMILES string of the molecule is Cc1ccc(C2(c3ccc(N4CCc5cnc(-c6ncon6)nc5C4)cc3)COC2)cc1. The highest BCUT2D eigenvalue weighted by Gasteiger charge is 2.42. The van der Waals surface area contributed by atoms with Crippen molar-refractivity contribution in [1.82, 2.24) is 20.1 Å². The maximum atomic E-state index is 5.66. The van der Waals surface area contributed by atoms with Crippen molar-refractivity contribution in [2.45, 2.75) is 25.3 Å². The smallest absolute Gasteiger partial charge is 0.239 e. The number of hydrogen-bond donors (Lipinski definition) is 0. The first-order valence-electron chi connectivity index (χ1n) is 10.8. The normalized spacial score (nSPS) is 17.0. The highest BCUT2D eigenvalue weighted by molar-refractivity contribution is 5.53. The van der Waals surface area contributed by atoms with Gasteiger partial charge in [0.25, 0.3) is 0 Å². The maximum Gasteiger partial charge on any atom is 0.239 e. The van der Waals surface area contributed by atoms with Crippen molar-refractivity contribution < 1.29 is 9.26 Å². The van der Waals surface area contributed by atoms with Gasteiger partial charge in [-0.2, -0.15) is 4.98 Å². The quantitative estimate of drug-likeness (QED) is 0.493. The van der Waals surface area contributed by atoms with Crippen LogP contribution in [0.1, 0.15) is 27.9 Å². The van der Waals surface area contributed by atoms with E-state index in [0.29, 0.717) is 11.6 Å². The van der Waals surface area contributed by atoms with E-state index in [1.165, 1.54) is 34.3 Å². The number of nitrogens with zero attached hydrogens (tertiary/aromatic N) is 5. The van der Waals surface area contributed by atoms with E-state index >= 15 is 0 Å². The fourth-order valence-corrected chi connectivity index (χ4v) is 4.57. The molecule has 0 spiro atoms. The number of ether oxygens (including phenoxy) is 1. The average molecular weight is 425 g/mol. The predicted molar refractivity (Wildman–Crippen MR) is 119 cm³/mol. The van der Waals surface area contributed by atoms with Crippen LogP contribution in [0.2, 0.25) is 0 Å². The van der Waals surface area contributed by atoms with Gasteiger partial charge in [-0.15, -0.1) is 0 Å². The summed E-state index contributed by atoms with van der Waals surface area (Å²) in [6.07, 6.45) is 4.09. The van der Waals surface area contributed by atoms with Crippen LogP contribution in [-0.2, 0) is 23.1 Å². The summed E-state index contributed by atoms with van der Waals surface area (Å²) in [5, 5.41) is 3.85. The van der Waals surface area contributed by atoms with Crippen LogP contribution in [0.15, 0.2) is 65.6 Å². The van der Waals surface area contributed by atoms with Crippen LogP contribution in [0.4, 0.5) is 5.69 Å². The fourth-order valence-electron chi connectivity index (χ4n) is 4.57. The molecule has 2 aliphatic heterocycles. The molecule has 0 unspecified atom stereocenters. The molecule has 6 rings (SSSR count). The van der Waals surface area contributed by atoms with Gasteiger partial charge in [-0.3, -0.25) is 0 Å². The Morgan fingerprint density at radius 1 is 0.906 bits per heavy atom. The standard InChI is InChI=1S/C25H23N5O2/c1-17-2-4-19(5-3-17)25(14-31-15-25)20-6-8-21(9-7-20)30-11-10-18-12-26-23(28-22(18)13-30)24-27-16-32-29-24/h2-9,12,16H,10-11,13-15H2,1H3. The number of fused-ring (bicyclic) bond motifs is 1. The van der Waals surface area contributed by atoms with E-state index in [9.17, 15) is 0 Å². The molecule has 0 bridgehead atoms. The van der Waals surface area contributed by atoms with Crippen LogP contribution in [0.3, 0.4) is 0 Å². The molecule has 2 aromatic heterocycles. The van der Waals surface area contributed by atoms with E-state index in [1.807, 2.05) is 6.20 Å². The van der Waals surface area contributed by atoms with Gasteiger partial charge in [-0.1, -0.05) is 47.1 Å². The summed E-state index contributed by atoms with van der Waals surface area (Å²) in [7, 11) is 0. The Kier molecular flexibility index (Phi) is 4.50. The Hall–Kier alpha value is -3.58. The van der Waals surface area contributed by atoms with E-state index < -0.39 is 0 Å². The lowest BCUT2D eigenvalue weighted by Gasteiger charge is -2.43. The fraction of sp³-hybridized carbons (Fsp3) is 0.280. The van der Waals surface area contributed by atoms with Gasteiger partial charge in [0, 0.05) is 18.4 Å². The summed E-state index contributed by atoms with van der Waals surface area (Å²) in [5.74, 6) is 0.915. The molecule has 0 radical (unpaired) electrons. The minimum absolute atomic E-state index is 0.0482. The Balaban J connectivity index is 1.25. The highest BCUT2D eigenvalue weighted by atomic mass is 16.5. The molecule has 160 valence electrons. The number of aryl methyl sites for hydroxylation is 1. The summed E-state index contributed by atoms with van der Waals surface area (Å²) in [6, 6.07) is 17.8. The van der Waals surface area contributed by atoms with Gasteiger partial charge >= 0.3 is 0 Å². The first kappa shape index (κ1) is 19.1. The summed E-state index contributed by atoms with van der Waals surface area (Å²) < 4.78 is 10.5. The molecule has 4 heterocycles. The first-order chi connectivity index (χ1) is 15.7. The van der Waals surface area contributed by atoms with Crippen LogP contribution >= 0.6 is 0 Å². The van der Waals surface area contributed by atoms with Gasteiger partial charge in [-0.05, 0) is 42.2 Å². The number of rotatable bonds is 4. The molecule has 4 aromatic rings. The number of aromatic nitrogens is 4. The summed E-state index contributed by atoms with van der Waals surface area (Å²) in [4.78, 5) is 15.5. The summed E-state index contributed by atoms with van der Waals surface area (Å²) >= 11 is 0. The molecule has 1 fully saturated rings. The third kappa shape index (κ3) is 3.17. The molecule has 32 heavy (non-hydrogen) atoms. The molecule has 2 aliphatic rings. The first-order valence-corrected chi connectivity index (χ1v) is 10.8. The number of anilines is 1.